The van der Waals surface area contributed by atoms with Crippen LogP contribution in [0.4, 0.5) is 13.2 Å². The van der Waals surface area contributed by atoms with E-state index in [9.17, 15) is 13.2 Å². The van der Waals surface area contributed by atoms with Crippen LogP contribution in [0.2, 0.25) is 0 Å². The van der Waals surface area contributed by atoms with Gasteiger partial charge in [-0.3, -0.25) is 0 Å². The average molecular weight is 338 g/mol. The highest BCUT2D eigenvalue weighted by Crippen LogP contribution is 2.23. The van der Waals surface area contributed by atoms with Crippen molar-refractivity contribution >= 4 is 10.8 Å². The highest BCUT2D eigenvalue weighted by Gasteiger charge is 2.07. The molecule has 0 aliphatic heterocycles. The number of rotatable bonds is 3. The fourth-order valence-electron chi connectivity index (χ4n) is 2.69. The van der Waals surface area contributed by atoms with Crippen molar-refractivity contribution in [2.75, 3.05) is 0 Å². The molecule has 0 spiro atoms. The summed E-state index contributed by atoms with van der Waals surface area (Å²) in [6.07, 6.45) is 3.20. The molecule has 0 bridgehead atoms. The molecule has 0 heterocycles. The van der Waals surface area contributed by atoms with Gasteiger partial charge in [0.15, 0.2) is 11.6 Å². The summed E-state index contributed by atoms with van der Waals surface area (Å²) in [4.78, 5) is 0. The Morgan fingerprint density at radius 1 is 0.840 bits per heavy atom. The van der Waals surface area contributed by atoms with E-state index in [2.05, 4.69) is 18.8 Å². The third-order valence-corrected chi connectivity index (χ3v) is 4.10. The fraction of sp³-hybridized carbons (Fsp3) is 0.182. The average Bonchev–Trinajstić information content (AvgIpc) is 2.62. The van der Waals surface area contributed by atoms with Crippen LogP contribution in [-0.4, -0.2) is 0 Å². The highest BCUT2D eigenvalue weighted by atomic mass is 19.2. The summed E-state index contributed by atoms with van der Waals surface area (Å²) in [5, 5.41) is 1.35. The summed E-state index contributed by atoms with van der Waals surface area (Å²) < 4.78 is 40.8. The number of aryl methyl sites for hydroxylation is 1. The van der Waals surface area contributed by atoms with Gasteiger partial charge in [0.1, 0.15) is 5.82 Å². The molecule has 3 heteroatoms. The molecular formula is C22H17F3. The lowest BCUT2D eigenvalue weighted by Gasteiger charge is -2.05. The third-order valence-electron chi connectivity index (χ3n) is 4.10. The SMILES string of the molecule is CCCCc1ccc2c(F)c(C#Cc3ccc(F)c(F)c3)ccc2c1. The maximum atomic E-state index is 14.7. The van der Waals surface area contributed by atoms with Crippen LogP contribution in [0.1, 0.15) is 36.5 Å². The van der Waals surface area contributed by atoms with Gasteiger partial charge in [0.2, 0.25) is 0 Å². The van der Waals surface area contributed by atoms with Crippen LogP contribution < -0.4 is 0 Å². The first-order valence-electron chi connectivity index (χ1n) is 8.26. The van der Waals surface area contributed by atoms with Gasteiger partial charge >= 0.3 is 0 Å². The number of benzene rings is 3. The van der Waals surface area contributed by atoms with E-state index in [4.69, 9.17) is 0 Å². The second-order valence-corrected chi connectivity index (χ2v) is 5.97. The lowest BCUT2D eigenvalue weighted by molar-refractivity contribution is 0.508. The molecule has 0 radical (unpaired) electrons. The minimum atomic E-state index is -0.967. The summed E-state index contributed by atoms with van der Waals surface area (Å²) >= 11 is 0. The van der Waals surface area contributed by atoms with Gasteiger partial charge in [-0.2, -0.15) is 0 Å². The molecule has 0 N–H and O–H groups in total. The molecule has 3 rings (SSSR count). The van der Waals surface area contributed by atoms with Crippen molar-refractivity contribution < 1.29 is 13.2 Å². The van der Waals surface area contributed by atoms with Gasteiger partial charge in [0.05, 0.1) is 5.56 Å². The van der Waals surface area contributed by atoms with Gasteiger partial charge in [-0.15, -0.1) is 0 Å². The Morgan fingerprint density at radius 3 is 2.44 bits per heavy atom. The Hall–Kier alpha value is -2.73. The second kappa shape index (κ2) is 7.44. The van der Waals surface area contributed by atoms with Gasteiger partial charge in [-0.05, 0) is 48.1 Å². The monoisotopic (exact) mass is 338 g/mol. The van der Waals surface area contributed by atoms with Crippen molar-refractivity contribution in [1.29, 1.82) is 0 Å². The van der Waals surface area contributed by atoms with Gasteiger partial charge in [0.25, 0.3) is 0 Å². The lowest BCUT2D eigenvalue weighted by Crippen LogP contribution is -1.90. The molecule has 3 aromatic rings. The van der Waals surface area contributed by atoms with E-state index in [0.29, 0.717) is 10.9 Å². The van der Waals surface area contributed by atoms with E-state index in [1.807, 2.05) is 18.2 Å². The Labute approximate surface area is 145 Å². The molecule has 126 valence electrons. The molecule has 0 saturated carbocycles. The number of halogens is 3. The molecule has 0 unspecified atom stereocenters. The Kier molecular flexibility index (Phi) is 5.09. The molecule has 0 atom stereocenters. The lowest BCUT2D eigenvalue weighted by atomic mass is 10.0. The maximum Gasteiger partial charge on any atom is 0.160 e. The predicted molar refractivity (Wildman–Crippen MR) is 94.9 cm³/mol. The van der Waals surface area contributed by atoms with Crippen molar-refractivity contribution in [3.63, 3.8) is 0 Å². The molecule has 0 fully saturated rings. The fourth-order valence-corrected chi connectivity index (χ4v) is 2.69. The van der Waals surface area contributed by atoms with Crippen molar-refractivity contribution in [2.24, 2.45) is 0 Å². The van der Waals surface area contributed by atoms with Crippen LogP contribution in [-0.2, 0) is 6.42 Å². The third kappa shape index (κ3) is 3.85. The Balaban J connectivity index is 1.94. The van der Waals surface area contributed by atoms with Gasteiger partial charge < -0.3 is 0 Å². The summed E-state index contributed by atoms with van der Waals surface area (Å²) in [5.41, 5.74) is 1.72. The Bertz CT molecular complexity index is 978. The molecule has 25 heavy (non-hydrogen) atoms. The molecule has 0 nitrogen and oxygen atoms in total. The van der Waals surface area contributed by atoms with Crippen LogP contribution in [0.5, 0.6) is 0 Å². The van der Waals surface area contributed by atoms with E-state index in [0.717, 1.165) is 36.8 Å². The van der Waals surface area contributed by atoms with E-state index in [-0.39, 0.29) is 5.56 Å². The highest BCUT2D eigenvalue weighted by molar-refractivity contribution is 5.85. The van der Waals surface area contributed by atoms with Gasteiger partial charge in [-0.25, -0.2) is 13.2 Å². The number of fused-ring (bicyclic) bond motifs is 1. The van der Waals surface area contributed by atoms with Crippen LogP contribution in [0.3, 0.4) is 0 Å². The van der Waals surface area contributed by atoms with Crippen LogP contribution in [0, 0.1) is 29.3 Å². The number of unbranched alkanes of at least 4 members (excludes halogenated alkanes) is 1. The zero-order valence-corrected chi connectivity index (χ0v) is 13.9. The van der Waals surface area contributed by atoms with E-state index >= 15 is 0 Å². The molecular weight excluding hydrogens is 321 g/mol. The van der Waals surface area contributed by atoms with Crippen molar-refractivity contribution in [1.82, 2.24) is 0 Å². The minimum absolute atomic E-state index is 0.235. The molecule has 0 aliphatic carbocycles. The first kappa shape index (κ1) is 17.1. The zero-order chi connectivity index (χ0) is 17.8. The number of hydrogen-bond acceptors (Lipinski definition) is 0. The summed E-state index contributed by atoms with van der Waals surface area (Å²) in [6.45, 7) is 2.14. The smallest absolute Gasteiger partial charge is 0.160 e. The van der Waals surface area contributed by atoms with Crippen LogP contribution in [0.25, 0.3) is 10.8 Å². The molecule has 0 saturated heterocycles. The Morgan fingerprint density at radius 2 is 1.68 bits per heavy atom. The first-order valence-corrected chi connectivity index (χ1v) is 8.26. The topological polar surface area (TPSA) is 0 Å². The van der Waals surface area contributed by atoms with Crippen molar-refractivity contribution in [3.05, 3.63) is 82.7 Å². The summed E-state index contributed by atoms with van der Waals surface area (Å²) in [5.74, 6) is 3.09. The normalized spacial score (nSPS) is 10.6. The van der Waals surface area contributed by atoms with E-state index < -0.39 is 17.5 Å². The van der Waals surface area contributed by atoms with Gasteiger partial charge in [0, 0.05) is 10.9 Å². The summed E-state index contributed by atoms with van der Waals surface area (Å²) in [7, 11) is 0. The van der Waals surface area contributed by atoms with Crippen LogP contribution in [0.15, 0.2) is 48.5 Å². The molecule has 0 aliphatic rings. The summed E-state index contributed by atoms with van der Waals surface area (Å²) in [6, 6.07) is 12.5. The van der Waals surface area contributed by atoms with Crippen molar-refractivity contribution in [2.45, 2.75) is 26.2 Å². The minimum Gasteiger partial charge on any atom is -0.205 e. The first-order chi connectivity index (χ1) is 12.1. The second-order valence-electron chi connectivity index (χ2n) is 5.97. The van der Waals surface area contributed by atoms with E-state index in [1.165, 1.54) is 11.6 Å². The zero-order valence-electron chi connectivity index (χ0n) is 13.9. The maximum absolute atomic E-state index is 14.7. The molecule has 3 aromatic carbocycles. The number of hydrogen-bond donors (Lipinski definition) is 0. The largest absolute Gasteiger partial charge is 0.205 e. The van der Waals surface area contributed by atoms with Crippen molar-refractivity contribution in [3.8, 4) is 11.8 Å². The quantitative estimate of drug-likeness (QED) is 0.514. The van der Waals surface area contributed by atoms with E-state index in [1.54, 1.807) is 12.1 Å². The molecule has 0 amide bonds. The van der Waals surface area contributed by atoms with Crippen LogP contribution >= 0.6 is 0 Å². The molecule has 0 aromatic heterocycles. The predicted octanol–water partition coefficient (Wildman–Crippen LogP) is 6.00. The standard InChI is InChI=1S/C22H17F3/c1-2-3-4-15-6-11-19-18(13-15)10-9-17(22(19)25)8-5-16-7-12-20(23)21(24)14-16/h6-7,9-14H,2-4H2,1H3. The van der Waals surface area contributed by atoms with Gasteiger partial charge in [-0.1, -0.05) is 49.5 Å².